The summed E-state index contributed by atoms with van der Waals surface area (Å²) in [7, 11) is 0. The van der Waals surface area contributed by atoms with Crippen molar-refractivity contribution in [2.24, 2.45) is 46.3 Å². The average molecular weight is 415 g/mol. The molecule has 0 radical (unpaired) electrons. The molecule has 2 unspecified atom stereocenters. The molecule has 1 N–H and O–H groups in total. The molecule has 0 aromatic rings. The molecule has 0 amide bonds. The molecule has 5 fully saturated rings. The van der Waals surface area contributed by atoms with Crippen molar-refractivity contribution in [2.45, 2.75) is 103 Å². The topological polar surface area (TPSA) is 38.7 Å². The number of rotatable bonds is 0. The second-order valence-electron chi connectivity index (χ2n) is 12.7. The minimum atomic E-state index is -0.294. The van der Waals surface area contributed by atoms with Crippen LogP contribution in [-0.2, 0) is 9.47 Å². The molecule has 2 saturated heterocycles. The highest BCUT2D eigenvalue weighted by atomic mass is 16.7. The van der Waals surface area contributed by atoms with E-state index in [2.05, 4.69) is 33.8 Å². The van der Waals surface area contributed by atoms with Gasteiger partial charge in [-0.25, -0.2) is 0 Å². The number of aliphatic hydroxyl groups excluding tert-OH is 1. The minimum Gasteiger partial charge on any atom is -0.393 e. The fraction of sp³-hybridized carbons (Fsp3) is 0.926. The fourth-order valence-corrected chi connectivity index (χ4v) is 9.66. The van der Waals surface area contributed by atoms with E-state index in [9.17, 15) is 5.11 Å². The highest BCUT2D eigenvalue weighted by Crippen LogP contribution is 2.70. The van der Waals surface area contributed by atoms with Gasteiger partial charge >= 0.3 is 0 Å². The lowest BCUT2D eigenvalue weighted by molar-refractivity contribution is -0.272. The number of aliphatic hydroxyl groups is 1. The van der Waals surface area contributed by atoms with Gasteiger partial charge in [0, 0.05) is 12.3 Å². The van der Waals surface area contributed by atoms with E-state index < -0.39 is 0 Å². The highest BCUT2D eigenvalue weighted by molar-refractivity contribution is 5.26. The zero-order chi connectivity index (χ0) is 20.9. The number of fused-ring (bicyclic) bond motifs is 7. The number of hydrogen-bond acceptors (Lipinski definition) is 3. The van der Waals surface area contributed by atoms with Gasteiger partial charge in [0.25, 0.3) is 0 Å². The summed E-state index contributed by atoms with van der Waals surface area (Å²) < 4.78 is 13.3. The van der Waals surface area contributed by atoms with Crippen LogP contribution in [0.2, 0.25) is 0 Å². The second kappa shape index (κ2) is 6.58. The Balaban J connectivity index is 1.28. The van der Waals surface area contributed by atoms with Gasteiger partial charge in [0.2, 0.25) is 0 Å². The first-order chi connectivity index (χ1) is 14.3. The zero-order valence-corrected chi connectivity index (χ0v) is 19.5. The normalized spacial score (nSPS) is 59.8. The van der Waals surface area contributed by atoms with Crippen molar-refractivity contribution in [2.75, 3.05) is 6.61 Å². The third-order valence-corrected chi connectivity index (χ3v) is 11.3. The Labute approximate surface area is 183 Å². The number of ether oxygens (including phenoxy) is 2. The molecule has 0 bridgehead atoms. The third-order valence-electron chi connectivity index (χ3n) is 11.3. The van der Waals surface area contributed by atoms with Gasteiger partial charge in [-0.3, -0.25) is 0 Å². The summed E-state index contributed by atoms with van der Waals surface area (Å²) in [6.07, 6.45) is 13.5. The second-order valence-corrected chi connectivity index (χ2v) is 12.7. The van der Waals surface area contributed by atoms with E-state index in [4.69, 9.17) is 9.47 Å². The molecule has 0 aromatic carbocycles. The minimum absolute atomic E-state index is 0.107. The first-order valence-electron chi connectivity index (χ1n) is 13.0. The van der Waals surface area contributed by atoms with Crippen LogP contribution in [0.3, 0.4) is 0 Å². The number of allylic oxidation sites excluding steroid dienone is 1. The quantitative estimate of drug-likeness (QED) is 0.516. The highest BCUT2D eigenvalue weighted by Gasteiger charge is 2.68. The Hall–Kier alpha value is -0.380. The van der Waals surface area contributed by atoms with Gasteiger partial charge in [-0.15, -0.1) is 0 Å². The Morgan fingerprint density at radius 2 is 1.87 bits per heavy atom. The van der Waals surface area contributed by atoms with Crippen LogP contribution in [0.15, 0.2) is 11.6 Å². The lowest BCUT2D eigenvalue weighted by Crippen LogP contribution is -2.52. The summed E-state index contributed by atoms with van der Waals surface area (Å²) >= 11 is 0. The molecule has 3 heteroatoms. The van der Waals surface area contributed by atoms with Gasteiger partial charge in [0.15, 0.2) is 5.79 Å². The van der Waals surface area contributed by atoms with Crippen LogP contribution in [0.4, 0.5) is 0 Å². The van der Waals surface area contributed by atoms with Gasteiger partial charge in [0.05, 0.1) is 18.8 Å². The summed E-state index contributed by atoms with van der Waals surface area (Å²) in [6.45, 7) is 10.8. The summed E-state index contributed by atoms with van der Waals surface area (Å²) in [5.74, 6) is 3.94. The van der Waals surface area contributed by atoms with Crippen LogP contribution < -0.4 is 0 Å². The molecule has 4 aliphatic carbocycles. The molecule has 2 aliphatic heterocycles. The van der Waals surface area contributed by atoms with Crippen molar-refractivity contribution >= 4 is 0 Å². The van der Waals surface area contributed by atoms with Crippen LogP contribution in [0, 0.1) is 46.3 Å². The van der Waals surface area contributed by atoms with Crippen LogP contribution in [0.5, 0.6) is 0 Å². The molecule has 3 nitrogen and oxygen atoms in total. The van der Waals surface area contributed by atoms with E-state index in [0.717, 1.165) is 43.6 Å². The molecule has 30 heavy (non-hydrogen) atoms. The van der Waals surface area contributed by atoms with Crippen molar-refractivity contribution in [3.63, 3.8) is 0 Å². The Bertz CT molecular complexity index is 736. The molecule has 1 spiro atoms. The lowest BCUT2D eigenvalue weighted by Gasteiger charge is -2.58. The average Bonchev–Trinajstić information content (AvgIpc) is 3.16. The predicted molar refractivity (Wildman–Crippen MR) is 118 cm³/mol. The summed E-state index contributed by atoms with van der Waals surface area (Å²) in [4.78, 5) is 0. The molecule has 3 saturated carbocycles. The van der Waals surface area contributed by atoms with Crippen molar-refractivity contribution in [3.8, 4) is 0 Å². The van der Waals surface area contributed by atoms with Crippen molar-refractivity contribution in [3.05, 3.63) is 11.6 Å². The summed E-state index contributed by atoms with van der Waals surface area (Å²) in [5.41, 5.74) is 2.31. The molecule has 6 rings (SSSR count). The lowest BCUT2D eigenvalue weighted by atomic mass is 9.47. The van der Waals surface area contributed by atoms with E-state index in [-0.39, 0.29) is 11.9 Å². The van der Waals surface area contributed by atoms with Gasteiger partial charge in [-0.1, -0.05) is 39.3 Å². The maximum absolute atomic E-state index is 10.3. The zero-order valence-electron chi connectivity index (χ0n) is 19.5. The first-order valence-corrected chi connectivity index (χ1v) is 13.0. The maximum Gasteiger partial charge on any atom is 0.171 e. The molecule has 11 atom stereocenters. The van der Waals surface area contributed by atoms with Gasteiger partial charge in [-0.05, 0) is 91.8 Å². The summed E-state index contributed by atoms with van der Waals surface area (Å²) in [6, 6.07) is 0. The molecular weight excluding hydrogens is 372 g/mol. The van der Waals surface area contributed by atoms with Gasteiger partial charge < -0.3 is 14.6 Å². The van der Waals surface area contributed by atoms with Crippen LogP contribution in [0.1, 0.15) is 85.5 Å². The van der Waals surface area contributed by atoms with Crippen molar-refractivity contribution in [1.82, 2.24) is 0 Å². The standard InChI is InChI=1S/C27H42O3/c1-16-7-12-27(29-15-16)17(2)24-23(30-27)14-22-20-6-5-18-13-19(28)8-10-25(18,3)21(20)9-11-26(22,24)4/h5,16-17,19-24,28H,6-15H2,1-4H3/t16?,17-,19-,20?,21-,22-,23-,24-,25-,26-,27+/m0/s1. The maximum atomic E-state index is 10.3. The third kappa shape index (κ3) is 2.55. The van der Waals surface area contributed by atoms with E-state index in [1.165, 1.54) is 38.5 Å². The van der Waals surface area contributed by atoms with Crippen LogP contribution >= 0.6 is 0 Å². The number of hydrogen-bond donors (Lipinski definition) is 1. The van der Waals surface area contributed by atoms with Crippen molar-refractivity contribution in [1.29, 1.82) is 0 Å². The molecule has 0 aromatic heterocycles. The summed E-state index contributed by atoms with van der Waals surface area (Å²) in [5, 5.41) is 10.3. The predicted octanol–water partition coefficient (Wildman–Crippen LogP) is 5.71. The molecule has 6 aliphatic rings. The smallest absolute Gasteiger partial charge is 0.171 e. The largest absolute Gasteiger partial charge is 0.393 e. The Kier molecular flexibility index (Phi) is 4.44. The molecule has 2 heterocycles. The Morgan fingerprint density at radius 3 is 2.63 bits per heavy atom. The SMILES string of the molecule is CC1CC[C@@]2(OC1)O[C@H]1C[C@H]3C4CC=C5C[C@@H](O)CC[C@]5(C)[C@H]4CC[C@]3(C)[C@H]1[C@@H]2C. The van der Waals surface area contributed by atoms with Crippen LogP contribution in [-0.4, -0.2) is 29.7 Å². The van der Waals surface area contributed by atoms with E-state index in [1.807, 2.05) is 0 Å². The van der Waals surface area contributed by atoms with Crippen molar-refractivity contribution < 1.29 is 14.6 Å². The monoisotopic (exact) mass is 414 g/mol. The van der Waals surface area contributed by atoms with E-state index >= 15 is 0 Å². The van der Waals surface area contributed by atoms with E-state index in [0.29, 0.717) is 34.7 Å². The Morgan fingerprint density at radius 1 is 1.03 bits per heavy atom. The van der Waals surface area contributed by atoms with Gasteiger partial charge in [-0.2, -0.15) is 0 Å². The van der Waals surface area contributed by atoms with E-state index in [1.54, 1.807) is 5.57 Å². The molecular formula is C27H42O3. The fourth-order valence-electron chi connectivity index (χ4n) is 9.66. The first kappa shape index (κ1) is 20.2. The van der Waals surface area contributed by atoms with Gasteiger partial charge in [0.1, 0.15) is 0 Å². The molecule has 168 valence electrons. The van der Waals surface area contributed by atoms with Crippen LogP contribution in [0.25, 0.3) is 0 Å².